The average Bonchev–Trinajstić information content (AvgIpc) is 2.99. The largest absolute Gasteiger partial charge is 0.477 e. The second kappa shape index (κ2) is 8.63. The number of aryl methyl sites for hydroxylation is 1. The van der Waals surface area contributed by atoms with E-state index in [1.807, 2.05) is 19.1 Å². The molecule has 2 unspecified atom stereocenters. The van der Waals surface area contributed by atoms with Gasteiger partial charge in [-0.25, -0.2) is 23.5 Å². The summed E-state index contributed by atoms with van der Waals surface area (Å²) in [6.45, 7) is 7.83. The Hall–Kier alpha value is -2.61. The molecule has 0 radical (unpaired) electrons. The molecule has 162 valence electrons. The molecule has 0 bridgehead atoms. The van der Waals surface area contributed by atoms with Gasteiger partial charge in [0, 0.05) is 41.6 Å². The molecule has 2 aromatic rings. The second-order valence-electron chi connectivity index (χ2n) is 7.91. The summed E-state index contributed by atoms with van der Waals surface area (Å²) in [6, 6.07) is 3.73. The lowest BCUT2D eigenvalue weighted by Crippen LogP contribution is -2.40. The molecule has 0 fully saturated rings. The number of hydrogen-bond acceptors (Lipinski definition) is 5. The summed E-state index contributed by atoms with van der Waals surface area (Å²) in [7, 11) is 0. The number of fused-ring (bicyclic) bond motifs is 1. The van der Waals surface area contributed by atoms with E-state index in [9.17, 15) is 18.7 Å². The third-order valence-electron chi connectivity index (χ3n) is 5.89. The molecule has 0 saturated heterocycles. The Morgan fingerprint density at radius 3 is 2.73 bits per heavy atom. The maximum Gasteiger partial charge on any atom is 0.354 e. The first kappa shape index (κ1) is 22.1. The summed E-state index contributed by atoms with van der Waals surface area (Å²) in [5, 5.41) is 9.59. The first-order valence-electron chi connectivity index (χ1n) is 10.0. The Labute approximate surface area is 174 Å². The van der Waals surface area contributed by atoms with E-state index < -0.39 is 19.0 Å². The molecule has 8 heteroatoms. The van der Waals surface area contributed by atoms with E-state index in [4.69, 9.17) is 4.74 Å². The van der Waals surface area contributed by atoms with Gasteiger partial charge in [0.15, 0.2) is 12.3 Å². The van der Waals surface area contributed by atoms with Crippen LogP contribution in [0.2, 0.25) is 0 Å². The van der Waals surface area contributed by atoms with Crippen molar-refractivity contribution in [1.29, 1.82) is 0 Å². The number of hydrogen-bond donors (Lipinski definition) is 1. The molecule has 3 rings (SSSR count). The molecular formula is C22H27F2N3O3. The lowest BCUT2D eigenvalue weighted by atomic mass is 9.86. The minimum atomic E-state index is -2.56. The van der Waals surface area contributed by atoms with Crippen LogP contribution in [0.15, 0.2) is 24.5 Å². The van der Waals surface area contributed by atoms with Crippen molar-refractivity contribution >= 4 is 5.97 Å². The summed E-state index contributed by atoms with van der Waals surface area (Å²) in [5.74, 6) is -0.831. The Morgan fingerprint density at radius 2 is 2.13 bits per heavy atom. The van der Waals surface area contributed by atoms with Crippen LogP contribution in [-0.4, -0.2) is 39.0 Å². The predicted octanol–water partition coefficient (Wildman–Crippen LogP) is 4.72. The molecule has 0 amide bonds. The van der Waals surface area contributed by atoms with Crippen molar-refractivity contribution in [2.45, 2.75) is 65.1 Å². The highest BCUT2D eigenvalue weighted by atomic mass is 19.3. The van der Waals surface area contributed by atoms with Gasteiger partial charge in [-0.2, -0.15) is 0 Å². The molecule has 2 aromatic heterocycles. The van der Waals surface area contributed by atoms with Crippen LogP contribution in [0, 0.1) is 6.92 Å². The lowest BCUT2D eigenvalue weighted by molar-refractivity contribution is 0.0631. The number of aromatic nitrogens is 2. The van der Waals surface area contributed by atoms with Crippen LogP contribution in [-0.2, 0) is 12.1 Å². The van der Waals surface area contributed by atoms with E-state index >= 15 is 0 Å². The highest BCUT2D eigenvalue weighted by molar-refractivity contribution is 5.87. The number of carboxylic acids is 1. The van der Waals surface area contributed by atoms with Crippen LogP contribution >= 0.6 is 0 Å². The normalized spacial score (nSPS) is 19.7. The number of pyridine rings is 2. The van der Waals surface area contributed by atoms with E-state index in [0.29, 0.717) is 12.1 Å². The van der Waals surface area contributed by atoms with Crippen LogP contribution in [0.5, 0.6) is 5.88 Å². The molecule has 30 heavy (non-hydrogen) atoms. The highest BCUT2D eigenvalue weighted by Gasteiger charge is 2.45. The Kier molecular flexibility index (Phi) is 6.36. The number of ether oxygens (including phenoxy) is 1. The molecule has 2 atom stereocenters. The fourth-order valence-corrected chi connectivity index (χ4v) is 4.46. The van der Waals surface area contributed by atoms with Crippen molar-refractivity contribution in [2.75, 3.05) is 6.61 Å². The van der Waals surface area contributed by atoms with Crippen LogP contribution in [0.25, 0.3) is 0 Å². The fourth-order valence-electron chi connectivity index (χ4n) is 4.46. The van der Waals surface area contributed by atoms with Crippen molar-refractivity contribution in [3.63, 3.8) is 0 Å². The molecular weight excluding hydrogens is 392 g/mol. The number of halogens is 2. The number of alkyl halides is 2. The molecule has 1 N–H and O–H groups in total. The predicted molar refractivity (Wildman–Crippen MR) is 108 cm³/mol. The molecule has 0 saturated carbocycles. The Bertz CT molecular complexity index is 938. The van der Waals surface area contributed by atoms with Gasteiger partial charge in [0.05, 0.1) is 0 Å². The van der Waals surface area contributed by atoms with Crippen LogP contribution in [0.3, 0.4) is 0 Å². The van der Waals surface area contributed by atoms with Crippen molar-refractivity contribution < 1.29 is 23.4 Å². The monoisotopic (exact) mass is 419 g/mol. The zero-order valence-corrected chi connectivity index (χ0v) is 17.7. The topological polar surface area (TPSA) is 75.5 Å². The average molecular weight is 419 g/mol. The van der Waals surface area contributed by atoms with E-state index in [0.717, 1.165) is 29.5 Å². The van der Waals surface area contributed by atoms with Crippen molar-refractivity contribution in [3.8, 4) is 5.88 Å². The second-order valence-corrected chi connectivity index (χ2v) is 7.91. The fraction of sp³-hybridized carbons (Fsp3) is 0.500. The van der Waals surface area contributed by atoms with Crippen molar-refractivity contribution in [1.82, 2.24) is 14.9 Å². The van der Waals surface area contributed by atoms with Gasteiger partial charge in [-0.05, 0) is 50.5 Å². The molecule has 0 aromatic carbocycles. The molecule has 0 aliphatic carbocycles. The van der Waals surface area contributed by atoms with Crippen LogP contribution in [0.4, 0.5) is 8.78 Å². The van der Waals surface area contributed by atoms with Gasteiger partial charge >= 0.3 is 5.97 Å². The third-order valence-corrected chi connectivity index (χ3v) is 5.89. The summed E-state index contributed by atoms with van der Waals surface area (Å²) in [4.78, 5) is 22.3. The summed E-state index contributed by atoms with van der Waals surface area (Å²) in [6.07, 6.45) is 2.44. The standard InChI is InChI=1S/C22H27F2N3O3/c1-5-7-22(4)17-6-8-25-19(21(28)29)16(17)11-27(22)14(3)15-9-13(2)20(26-10-15)30-12-18(23)24/h6,8-10,14,18H,5,7,11-12H2,1-4H3,(H,28,29). The van der Waals surface area contributed by atoms with Gasteiger partial charge in [-0.3, -0.25) is 4.90 Å². The van der Waals surface area contributed by atoms with Gasteiger partial charge in [0.1, 0.15) is 0 Å². The number of aromatic carboxylic acids is 1. The minimum absolute atomic E-state index is 0.0778. The van der Waals surface area contributed by atoms with E-state index in [1.54, 1.807) is 19.3 Å². The molecule has 0 spiro atoms. The van der Waals surface area contributed by atoms with Crippen LogP contribution in [0.1, 0.15) is 72.4 Å². The van der Waals surface area contributed by atoms with Crippen LogP contribution < -0.4 is 4.74 Å². The number of nitrogens with zero attached hydrogens (tertiary/aromatic N) is 3. The summed E-state index contributed by atoms with van der Waals surface area (Å²) in [5.41, 5.74) is 3.07. The summed E-state index contributed by atoms with van der Waals surface area (Å²) >= 11 is 0. The number of carboxylic acid groups (broad SMARTS) is 1. The third kappa shape index (κ3) is 4.01. The minimum Gasteiger partial charge on any atom is -0.477 e. The molecule has 1 aliphatic heterocycles. The van der Waals surface area contributed by atoms with Crippen molar-refractivity contribution in [3.05, 3.63) is 52.5 Å². The van der Waals surface area contributed by atoms with E-state index in [2.05, 4.69) is 28.7 Å². The van der Waals surface area contributed by atoms with Gasteiger partial charge in [0.25, 0.3) is 6.43 Å². The number of rotatable bonds is 8. The van der Waals surface area contributed by atoms with E-state index in [-0.39, 0.29) is 23.2 Å². The number of carbonyl (C=O) groups is 1. The zero-order valence-electron chi connectivity index (χ0n) is 17.7. The molecule has 3 heterocycles. The quantitative estimate of drug-likeness (QED) is 0.667. The van der Waals surface area contributed by atoms with Gasteiger partial charge in [-0.1, -0.05) is 13.3 Å². The Morgan fingerprint density at radius 1 is 1.40 bits per heavy atom. The first-order valence-corrected chi connectivity index (χ1v) is 10.0. The van der Waals surface area contributed by atoms with Crippen molar-refractivity contribution in [2.24, 2.45) is 0 Å². The molecule has 1 aliphatic rings. The summed E-state index contributed by atoms with van der Waals surface area (Å²) < 4.78 is 30.0. The maximum absolute atomic E-state index is 12.4. The lowest BCUT2D eigenvalue weighted by Gasteiger charge is -2.40. The van der Waals surface area contributed by atoms with Gasteiger partial charge in [-0.15, -0.1) is 0 Å². The Balaban J connectivity index is 1.95. The van der Waals surface area contributed by atoms with Gasteiger partial charge < -0.3 is 9.84 Å². The highest BCUT2D eigenvalue weighted by Crippen LogP contribution is 2.47. The smallest absolute Gasteiger partial charge is 0.354 e. The first-order chi connectivity index (χ1) is 14.2. The SMILES string of the molecule is CCCC1(C)c2ccnc(C(=O)O)c2CN1C(C)c1cnc(OCC(F)F)c(C)c1. The van der Waals surface area contributed by atoms with Gasteiger partial charge in [0.2, 0.25) is 5.88 Å². The zero-order chi connectivity index (χ0) is 22.1. The van der Waals surface area contributed by atoms with E-state index in [1.165, 1.54) is 0 Å². The maximum atomic E-state index is 12.4. The molecule has 6 nitrogen and oxygen atoms in total.